The molecule has 0 radical (unpaired) electrons. The first-order valence-electron chi connectivity index (χ1n) is 12.0. The Balaban J connectivity index is 1.54. The molecule has 13 atom stereocenters. The molecule has 192 valence electrons. The lowest BCUT2D eigenvalue weighted by molar-refractivity contribution is -0.319. The molecule has 4 aliphatic rings. The van der Waals surface area contributed by atoms with Crippen molar-refractivity contribution < 1.29 is 38.3 Å². The van der Waals surface area contributed by atoms with Crippen molar-refractivity contribution in [1.82, 2.24) is 0 Å². The quantitative estimate of drug-likeness (QED) is 0.386. The van der Waals surface area contributed by atoms with Crippen LogP contribution in [0.4, 0.5) is 0 Å². The van der Waals surface area contributed by atoms with Gasteiger partial charge in [-0.05, 0) is 47.9 Å². The van der Waals surface area contributed by atoms with Gasteiger partial charge in [-0.15, -0.1) is 6.58 Å². The number of hydrogen-bond acceptors (Lipinski definition) is 8. The van der Waals surface area contributed by atoms with Crippen LogP contribution >= 0.6 is 15.9 Å². The maximum absolute atomic E-state index is 12.5. The molecular formula is C25H37BrO8. The van der Waals surface area contributed by atoms with Crippen LogP contribution in [0, 0.1) is 35.5 Å². The third-order valence-corrected chi connectivity index (χ3v) is 9.29. The summed E-state index contributed by atoms with van der Waals surface area (Å²) >= 11 is 3.73. The number of ether oxygens (including phenoxy) is 6. The zero-order valence-corrected chi connectivity index (χ0v) is 22.1. The van der Waals surface area contributed by atoms with E-state index in [0.29, 0.717) is 12.8 Å². The Morgan fingerprint density at radius 3 is 2.38 bits per heavy atom. The van der Waals surface area contributed by atoms with Gasteiger partial charge in [0, 0.05) is 27.2 Å². The van der Waals surface area contributed by atoms with Crippen molar-refractivity contribution in [3.05, 3.63) is 23.2 Å². The van der Waals surface area contributed by atoms with E-state index in [1.807, 2.05) is 13.0 Å². The molecule has 0 amide bonds. The number of rotatable bonds is 7. The molecular weight excluding hydrogens is 508 g/mol. The molecule has 0 unspecified atom stereocenters. The fraction of sp³-hybridized carbons (Fsp3) is 0.800. The van der Waals surface area contributed by atoms with Crippen molar-refractivity contribution in [2.75, 3.05) is 28.4 Å². The summed E-state index contributed by atoms with van der Waals surface area (Å²) in [5, 5.41) is 11.3. The molecule has 4 rings (SSSR count). The van der Waals surface area contributed by atoms with Crippen molar-refractivity contribution in [3.8, 4) is 0 Å². The number of aliphatic hydroxyl groups excluding tert-OH is 1. The third-order valence-electron chi connectivity index (χ3n) is 8.49. The highest BCUT2D eigenvalue weighted by Crippen LogP contribution is 2.58. The summed E-state index contributed by atoms with van der Waals surface area (Å²) in [6.45, 7) is 5.91. The highest BCUT2D eigenvalue weighted by molar-refractivity contribution is 9.11. The van der Waals surface area contributed by atoms with E-state index < -0.39 is 24.6 Å². The Bertz CT molecular complexity index is 789. The Labute approximate surface area is 210 Å². The van der Waals surface area contributed by atoms with Crippen LogP contribution in [0.15, 0.2) is 23.2 Å². The lowest BCUT2D eigenvalue weighted by atomic mass is 9.71. The first kappa shape index (κ1) is 26.3. The monoisotopic (exact) mass is 544 g/mol. The smallest absolute Gasteiger partial charge is 0.309 e. The van der Waals surface area contributed by atoms with Crippen LogP contribution in [0.5, 0.6) is 0 Å². The Hall–Kier alpha value is -0.810. The van der Waals surface area contributed by atoms with Gasteiger partial charge in [-0.1, -0.05) is 28.1 Å². The number of esters is 1. The highest BCUT2D eigenvalue weighted by Gasteiger charge is 2.58. The third kappa shape index (κ3) is 4.31. The summed E-state index contributed by atoms with van der Waals surface area (Å²) in [6.07, 6.45) is 2.09. The van der Waals surface area contributed by atoms with Crippen molar-refractivity contribution in [2.45, 2.75) is 62.7 Å². The number of carbonyl (C=O) groups is 1. The second-order valence-electron chi connectivity index (χ2n) is 9.87. The summed E-state index contributed by atoms with van der Waals surface area (Å²) in [4.78, 5) is 12.5. The summed E-state index contributed by atoms with van der Waals surface area (Å²) in [6, 6.07) is 0. The van der Waals surface area contributed by atoms with E-state index in [9.17, 15) is 9.90 Å². The maximum Gasteiger partial charge on any atom is 0.309 e. The molecule has 0 aromatic heterocycles. The molecule has 1 saturated heterocycles. The molecule has 34 heavy (non-hydrogen) atoms. The van der Waals surface area contributed by atoms with Gasteiger partial charge in [0.1, 0.15) is 18.3 Å². The van der Waals surface area contributed by atoms with E-state index in [-0.39, 0.29) is 59.8 Å². The van der Waals surface area contributed by atoms with Gasteiger partial charge in [-0.2, -0.15) is 0 Å². The number of halogens is 1. The van der Waals surface area contributed by atoms with E-state index in [0.717, 1.165) is 4.48 Å². The van der Waals surface area contributed by atoms with Crippen LogP contribution in [-0.4, -0.2) is 82.4 Å². The molecule has 3 aliphatic carbocycles. The molecule has 1 aliphatic heterocycles. The number of hydrogen-bond donors (Lipinski definition) is 1. The summed E-state index contributed by atoms with van der Waals surface area (Å²) in [5.74, 6) is 0.0542. The lowest BCUT2D eigenvalue weighted by Gasteiger charge is -2.44. The van der Waals surface area contributed by atoms with Crippen LogP contribution < -0.4 is 0 Å². The van der Waals surface area contributed by atoms with Gasteiger partial charge in [-0.3, -0.25) is 4.79 Å². The Morgan fingerprint density at radius 1 is 1.12 bits per heavy atom. The van der Waals surface area contributed by atoms with Gasteiger partial charge < -0.3 is 33.5 Å². The molecule has 0 aromatic rings. The molecule has 2 saturated carbocycles. The van der Waals surface area contributed by atoms with Crippen LogP contribution in [0.25, 0.3) is 0 Å². The van der Waals surface area contributed by atoms with E-state index in [2.05, 4.69) is 28.6 Å². The molecule has 1 N–H and O–H groups in total. The average molecular weight is 545 g/mol. The van der Waals surface area contributed by atoms with Crippen molar-refractivity contribution in [1.29, 1.82) is 0 Å². The summed E-state index contributed by atoms with van der Waals surface area (Å²) in [5.41, 5.74) is 0. The van der Waals surface area contributed by atoms with Gasteiger partial charge >= 0.3 is 5.97 Å². The van der Waals surface area contributed by atoms with Gasteiger partial charge in [-0.25, -0.2) is 0 Å². The van der Waals surface area contributed by atoms with E-state index in [1.165, 1.54) is 7.11 Å². The predicted molar refractivity (Wildman–Crippen MR) is 127 cm³/mol. The number of methoxy groups -OCH3 is 4. The number of allylic oxidation sites excluding steroid dienone is 2. The SMILES string of the molecule is C=C[C@H]1[C@@H]2C=C(Br)[C@@H]3[C@@H](O)[C@@H](O[C@@H]4O[C@@H](C)[C@H](OC)[C@@H](OC)[C@H]4OC)C[C@H]3[C@@H]2C[C@H]1C(=O)OC. The molecule has 8 nitrogen and oxygen atoms in total. The van der Waals surface area contributed by atoms with E-state index in [4.69, 9.17) is 28.4 Å². The fourth-order valence-corrected chi connectivity index (χ4v) is 7.87. The van der Waals surface area contributed by atoms with Gasteiger partial charge in [0.2, 0.25) is 0 Å². The lowest BCUT2D eigenvalue weighted by Crippen LogP contribution is -2.60. The number of carbonyl (C=O) groups excluding carboxylic acids is 1. The minimum Gasteiger partial charge on any atom is -0.469 e. The molecule has 0 bridgehead atoms. The second kappa shape index (κ2) is 10.7. The molecule has 1 heterocycles. The molecule has 3 fully saturated rings. The van der Waals surface area contributed by atoms with Crippen LogP contribution in [-0.2, 0) is 33.2 Å². The summed E-state index contributed by atoms with van der Waals surface area (Å²) < 4.78 is 35.6. The molecule has 0 aromatic carbocycles. The van der Waals surface area contributed by atoms with Gasteiger partial charge in [0.25, 0.3) is 0 Å². The van der Waals surface area contributed by atoms with Crippen molar-refractivity contribution in [3.63, 3.8) is 0 Å². The van der Waals surface area contributed by atoms with Crippen LogP contribution in [0.3, 0.4) is 0 Å². The van der Waals surface area contributed by atoms with Crippen LogP contribution in [0.1, 0.15) is 19.8 Å². The second-order valence-corrected chi connectivity index (χ2v) is 10.8. The number of aliphatic hydroxyl groups is 1. The predicted octanol–water partition coefficient (Wildman–Crippen LogP) is 2.68. The van der Waals surface area contributed by atoms with Gasteiger partial charge in [0.15, 0.2) is 6.29 Å². The minimum atomic E-state index is -0.714. The van der Waals surface area contributed by atoms with Crippen molar-refractivity contribution in [2.24, 2.45) is 35.5 Å². The topological polar surface area (TPSA) is 92.7 Å². The van der Waals surface area contributed by atoms with E-state index >= 15 is 0 Å². The highest BCUT2D eigenvalue weighted by atomic mass is 79.9. The first-order chi connectivity index (χ1) is 16.3. The number of fused-ring (bicyclic) bond motifs is 3. The Kier molecular flexibility index (Phi) is 8.24. The van der Waals surface area contributed by atoms with Crippen molar-refractivity contribution >= 4 is 21.9 Å². The minimum absolute atomic E-state index is 0.0110. The fourth-order valence-electron chi connectivity index (χ4n) is 6.96. The first-order valence-corrected chi connectivity index (χ1v) is 12.7. The largest absolute Gasteiger partial charge is 0.469 e. The molecule has 9 heteroatoms. The molecule has 0 spiro atoms. The maximum atomic E-state index is 12.5. The van der Waals surface area contributed by atoms with Crippen LogP contribution in [0.2, 0.25) is 0 Å². The summed E-state index contributed by atoms with van der Waals surface area (Å²) in [7, 11) is 6.26. The van der Waals surface area contributed by atoms with E-state index in [1.54, 1.807) is 21.3 Å². The Morgan fingerprint density at radius 2 is 1.79 bits per heavy atom. The zero-order valence-electron chi connectivity index (χ0n) is 20.5. The zero-order chi connectivity index (χ0) is 24.7. The standard InChI is InChI=1S/C25H37BrO8/c1-7-12-14-9-17(26)19-15(13(14)8-16(12)24(28)32-6)10-18(20(19)27)34-25-23(31-5)22(30-4)21(29-3)11(2)33-25/h7,9,11-16,18-23,25,27H,1,8,10H2,2-6H3/t11-,12-,13+,14-,15-,16+,18-,19+,20-,21-,22+,23+,25-/m0/s1. The van der Waals surface area contributed by atoms with Gasteiger partial charge in [0.05, 0.1) is 31.3 Å². The normalized spacial score (nSPS) is 48.1. The average Bonchev–Trinajstić information content (AvgIpc) is 3.35.